The van der Waals surface area contributed by atoms with Crippen LogP contribution in [0.3, 0.4) is 0 Å². The standard InChI is InChI=1S/C26H21ClFN5O2/c1-17-23(25(27)33(32-17)22-10-8-19(28)9-11-22)12-13-24(34)31-20-7-4-5-18(15-20)26(35)30-16-21-6-2-3-14-29-21/h2-15H,16H2,1H3,(H,30,35)(H,31,34). The summed E-state index contributed by atoms with van der Waals surface area (Å²) in [6.07, 6.45) is 4.55. The topological polar surface area (TPSA) is 88.9 Å². The fraction of sp³-hybridized carbons (Fsp3) is 0.0769. The molecule has 0 aliphatic carbocycles. The van der Waals surface area contributed by atoms with Gasteiger partial charge in [-0.3, -0.25) is 14.6 Å². The molecule has 0 saturated carbocycles. The Bertz CT molecular complexity index is 1380. The molecular weight excluding hydrogens is 469 g/mol. The van der Waals surface area contributed by atoms with E-state index in [1.807, 2.05) is 12.1 Å². The van der Waals surface area contributed by atoms with Crippen LogP contribution in [0.4, 0.5) is 10.1 Å². The van der Waals surface area contributed by atoms with Crippen molar-refractivity contribution in [3.05, 3.63) is 112 Å². The van der Waals surface area contributed by atoms with Gasteiger partial charge in [-0.05, 0) is 67.6 Å². The maximum absolute atomic E-state index is 13.2. The minimum atomic E-state index is -0.402. The van der Waals surface area contributed by atoms with Crippen LogP contribution in [0.15, 0.2) is 79.0 Å². The van der Waals surface area contributed by atoms with Crippen molar-refractivity contribution in [3.63, 3.8) is 0 Å². The van der Waals surface area contributed by atoms with Crippen LogP contribution in [-0.2, 0) is 11.3 Å². The van der Waals surface area contributed by atoms with Gasteiger partial charge in [-0.25, -0.2) is 9.07 Å². The molecule has 0 atom stereocenters. The van der Waals surface area contributed by atoms with Crippen molar-refractivity contribution in [2.45, 2.75) is 13.5 Å². The summed E-state index contributed by atoms with van der Waals surface area (Å²) in [5, 5.41) is 10.2. The zero-order chi connectivity index (χ0) is 24.8. The number of aryl methyl sites for hydroxylation is 1. The van der Waals surface area contributed by atoms with Crippen LogP contribution in [0, 0.1) is 12.7 Å². The smallest absolute Gasteiger partial charge is 0.251 e. The molecule has 2 aromatic heterocycles. The van der Waals surface area contributed by atoms with Gasteiger partial charge in [-0.1, -0.05) is 23.7 Å². The highest BCUT2D eigenvalue weighted by Gasteiger charge is 2.13. The van der Waals surface area contributed by atoms with Gasteiger partial charge < -0.3 is 10.6 Å². The molecule has 0 unspecified atom stereocenters. The first-order valence-corrected chi connectivity index (χ1v) is 11.1. The third-order valence-corrected chi connectivity index (χ3v) is 5.43. The second-order valence-electron chi connectivity index (χ2n) is 7.59. The summed E-state index contributed by atoms with van der Waals surface area (Å²) in [6, 6.07) is 17.9. The Kier molecular flexibility index (Phi) is 7.32. The number of nitrogens with zero attached hydrogens (tertiary/aromatic N) is 3. The van der Waals surface area contributed by atoms with Crippen molar-refractivity contribution >= 4 is 35.2 Å². The number of carbonyl (C=O) groups excluding carboxylic acids is 2. The molecule has 0 aliphatic rings. The van der Waals surface area contributed by atoms with Gasteiger partial charge in [0.2, 0.25) is 5.91 Å². The van der Waals surface area contributed by atoms with Crippen LogP contribution in [0.2, 0.25) is 5.15 Å². The van der Waals surface area contributed by atoms with Crippen molar-refractivity contribution in [2.24, 2.45) is 0 Å². The fourth-order valence-corrected chi connectivity index (χ4v) is 3.65. The number of hydrogen-bond donors (Lipinski definition) is 2. The van der Waals surface area contributed by atoms with Crippen LogP contribution in [0.1, 0.15) is 27.3 Å². The summed E-state index contributed by atoms with van der Waals surface area (Å²) in [5.41, 5.74) is 3.38. The van der Waals surface area contributed by atoms with E-state index in [1.54, 1.807) is 61.7 Å². The van der Waals surface area contributed by atoms with Crippen molar-refractivity contribution in [1.82, 2.24) is 20.1 Å². The normalized spacial score (nSPS) is 10.9. The predicted octanol–water partition coefficient (Wildman–Crippen LogP) is 4.95. The van der Waals surface area contributed by atoms with E-state index in [0.29, 0.717) is 39.9 Å². The first kappa shape index (κ1) is 23.8. The molecule has 0 radical (unpaired) electrons. The number of halogens is 2. The molecule has 4 rings (SSSR count). The largest absolute Gasteiger partial charge is 0.346 e. The monoisotopic (exact) mass is 489 g/mol. The van der Waals surface area contributed by atoms with Crippen LogP contribution < -0.4 is 10.6 Å². The van der Waals surface area contributed by atoms with Gasteiger partial charge in [-0.2, -0.15) is 5.10 Å². The van der Waals surface area contributed by atoms with Crippen molar-refractivity contribution in [3.8, 4) is 5.69 Å². The van der Waals surface area contributed by atoms with Gasteiger partial charge in [0, 0.05) is 29.1 Å². The van der Waals surface area contributed by atoms with E-state index in [9.17, 15) is 14.0 Å². The Morgan fingerprint density at radius 3 is 2.63 bits per heavy atom. The van der Waals surface area contributed by atoms with E-state index in [-0.39, 0.29) is 11.7 Å². The zero-order valence-electron chi connectivity index (χ0n) is 18.7. The molecule has 0 saturated heterocycles. The van der Waals surface area contributed by atoms with Crippen molar-refractivity contribution in [2.75, 3.05) is 5.32 Å². The van der Waals surface area contributed by atoms with Gasteiger partial charge in [0.1, 0.15) is 11.0 Å². The molecule has 9 heteroatoms. The highest BCUT2D eigenvalue weighted by atomic mass is 35.5. The Morgan fingerprint density at radius 1 is 1.09 bits per heavy atom. The summed E-state index contributed by atoms with van der Waals surface area (Å²) in [6.45, 7) is 2.06. The summed E-state index contributed by atoms with van der Waals surface area (Å²) in [5.74, 6) is -1.04. The summed E-state index contributed by atoms with van der Waals surface area (Å²) < 4.78 is 14.7. The van der Waals surface area contributed by atoms with Crippen LogP contribution in [0.5, 0.6) is 0 Å². The minimum Gasteiger partial charge on any atom is -0.346 e. The van der Waals surface area contributed by atoms with E-state index in [4.69, 9.17) is 11.6 Å². The number of anilines is 1. The average molecular weight is 490 g/mol. The Labute approximate surface area is 206 Å². The molecule has 0 aliphatic heterocycles. The first-order valence-electron chi connectivity index (χ1n) is 10.7. The summed E-state index contributed by atoms with van der Waals surface area (Å²) >= 11 is 6.45. The lowest BCUT2D eigenvalue weighted by atomic mass is 10.2. The van der Waals surface area contributed by atoms with Gasteiger partial charge in [0.05, 0.1) is 23.6 Å². The van der Waals surface area contributed by atoms with Crippen LogP contribution in [-0.4, -0.2) is 26.6 Å². The molecule has 2 N–H and O–H groups in total. The van der Waals surface area contributed by atoms with Gasteiger partial charge in [-0.15, -0.1) is 0 Å². The molecule has 7 nitrogen and oxygen atoms in total. The molecule has 4 aromatic rings. The number of amides is 2. The van der Waals surface area contributed by atoms with Crippen molar-refractivity contribution in [1.29, 1.82) is 0 Å². The number of aromatic nitrogens is 3. The number of hydrogen-bond acceptors (Lipinski definition) is 4. The summed E-state index contributed by atoms with van der Waals surface area (Å²) in [7, 11) is 0. The number of pyridine rings is 1. The molecule has 35 heavy (non-hydrogen) atoms. The number of nitrogens with one attached hydrogen (secondary N) is 2. The highest BCUT2D eigenvalue weighted by Crippen LogP contribution is 2.25. The lowest BCUT2D eigenvalue weighted by Gasteiger charge is -2.07. The highest BCUT2D eigenvalue weighted by molar-refractivity contribution is 6.31. The van der Waals surface area contributed by atoms with Crippen LogP contribution in [0.25, 0.3) is 11.8 Å². The molecular formula is C26H21ClFN5O2. The molecule has 176 valence electrons. The summed E-state index contributed by atoms with van der Waals surface area (Å²) in [4.78, 5) is 29.1. The molecule has 0 spiro atoms. The predicted molar refractivity (Wildman–Crippen MR) is 133 cm³/mol. The SMILES string of the molecule is Cc1nn(-c2ccc(F)cc2)c(Cl)c1C=CC(=O)Nc1cccc(C(=O)NCc2ccccn2)c1. The van der Waals surface area contributed by atoms with E-state index in [2.05, 4.69) is 20.7 Å². The van der Waals surface area contributed by atoms with Crippen LogP contribution >= 0.6 is 11.6 Å². The lowest BCUT2D eigenvalue weighted by molar-refractivity contribution is -0.111. The van der Waals surface area contributed by atoms with Gasteiger partial charge >= 0.3 is 0 Å². The molecule has 2 aromatic carbocycles. The van der Waals surface area contributed by atoms with Gasteiger partial charge in [0.15, 0.2) is 0 Å². The quantitative estimate of drug-likeness (QED) is 0.359. The fourth-order valence-electron chi connectivity index (χ4n) is 3.31. The average Bonchev–Trinajstić information content (AvgIpc) is 3.15. The number of carbonyl (C=O) groups is 2. The third-order valence-electron chi connectivity index (χ3n) is 5.07. The molecule has 0 fully saturated rings. The zero-order valence-corrected chi connectivity index (χ0v) is 19.5. The minimum absolute atomic E-state index is 0.280. The molecule has 0 bridgehead atoms. The Hall–Kier alpha value is -4.30. The Morgan fingerprint density at radius 2 is 1.89 bits per heavy atom. The molecule has 2 amide bonds. The maximum Gasteiger partial charge on any atom is 0.251 e. The molecule has 2 heterocycles. The lowest BCUT2D eigenvalue weighted by Crippen LogP contribution is -2.23. The first-order chi connectivity index (χ1) is 16.9. The third kappa shape index (κ3) is 5.99. The number of rotatable bonds is 7. The second kappa shape index (κ2) is 10.8. The second-order valence-corrected chi connectivity index (χ2v) is 7.94. The van der Waals surface area contributed by atoms with E-state index in [1.165, 1.54) is 22.9 Å². The number of benzene rings is 2. The maximum atomic E-state index is 13.2. The van der Waals surface area contributed by atoms with E-state index >= 15 is 0 Å². The van der Waals surface area contributed by atoms with E-state index < -0.39 is 5.91 Å². The van der Waals surface area contributed by atoms with Crippen molar-refractivity contribution < 1.29 is 14.0 Å². The van der Waals surface area contributed by atoms with E-state index in [0.717, 1.165) is 5.69 Å². The Balaban J connectivity index is 1.41. The van der Waals surface area contributed by atoms with Gasteiger partial charge in [0.25, 0.3) is 5.91 Å².